The molecule has 0 aromatic rings. The average Bonchev–Trinajstić information content (AvgIpc) is 1.35. The van der Waals surface area contributed by atoms with Gasteiger partial charge < -0.3 is 0 Å². The van der Waals surface area contributed by atoms with Gasteiger partial charge in [0.1, 0.15) is 0 Å². The van der Waals surface area contributed by atoms with E-state index in [4.69, 9.17) is 0 Å². The zero-order chi connectivity index (χ0) is 4.99. The monoisotopic (exact) mass is 198 g/mol. The van der Waals surface area contributed by atoms with Crippen LogP contribution >= 0.6 is 19.8 Å². The number of alkyl halides is 3. The summed E-state index contributed by atoms with van der Waals surface area (Å²) in [5.41, 5.74) is 0. The second kappa shape index (κ2) is 3.65. The van der Waals surface area contributed by atoms with E-state index in [0.717, 1.165) is 0 Å². The molecule has 0 aliphatic heterocycles. The number of halogens is 1. The van der Waals surface area contributed by atoms with Crippen molar-refractivity contribution in [1.29, 1.82) is 0 Å². The molecule has 0 radical (unpaired) electrons. The summed E-state index contributed by atoms with van der Waals surface area (Å²) in [6.07, 6.45) is 2.02. The van der Waals surface area contributed by atoms with Gasteiger partial charge in [-0.25, -0.2) is 0 Å². The van der Waals surface area contributed by atoms with E-state index >= 15 is 0 Å². The van der Waals surface area contributed by atoms with E-state index in [0.29, 0.717) is 0 Å². The number of hydrogen-bond donors (Lipinski definition) is 0. The molecule has 0 aliphatic rings. The molecule has 0 N–H and O–H groups in total. The predicted molar refractivity (Wildman–Crippen MR) is 40.9 cm³/mol. The van der Waals surface area contributed by atoms with Crippen LogP contribution in [0.3, 0.4) is 0 Å². The Hall–Kier alpha value is 0.470. The van der Waals surface area contributed by atoms with Gasteiger partial charge in [0.05, 0.1) is 0 Å². The zero-order valence-electron chi connectivity index (χ0n) is 4.37. The molecule has 38 valence electrons. The van der Waals surface area contributed by atoms with E-state index in [9.17, 15) is 0 Å². The van der Waals surface area contributed by atoms with Crippen LogP contribution in [0.25, 0.3) is 0 Å². The third-order valence-corrected chi connectivity index (χ3v) is 2.80. The van der Waals surface area contributed by atoms with Crippen molar-refractivity contribution < 1.29 is 0 Å². The molecule has 0 aromatic carbocycles. The van der Waals surface area contributed by atoms with Crippen LogP contribution < -0.4 is 0 Å². The van der Waals surface area contributed by atoms with E-state index in [1.807, 2.05) is 6.08 Å². The van der Waals surface area contributed by atoms with Crippen LogP contribution in [0.2, 0.25) is 0 Å². The Morgan fingerprint density at radius 2 is 2.17 bits per heavy atom. The zero-order valence-corrected chi connectivity index (χ0v) is 6.53. The normalized spacial score (nSPS) is 10.7. The summed E-state index contributed by atoms with van der Waals surface area (Å²) in [6, 6.07) is 0. The second-order valence-corrected chi connectivity index (χ2v) is 7.44. The molecule has 0 amide bonds. The standard InChI is InChI=1S/C5H11I/c1-4-5-6(2)3/h4H,1,5H2,2-3H3. The molecule has 6 heavy (non-hydrogen) atoms. The molecule has 0 unspecified atom stereocenters. The molecule has 0 heterocycles. The summed E-state index contributed by atoms with van der Waals surface area (Å²) < 4.78 is 1.30. The van der Waals surface area contributed by atoms with Gasteiger partial charge in [0.2, 0.25) is 0 Å². The van der Waals surface area contributed by atoms with Crippen molar-refractivity contribution in [3.05, 3.63) is 12.7 Å². The van der Waals surface area contributed by atoms with E-state index in [1.54, 1.807) is 0 Å². The second-order valence-electron chi connectivity index (χ2n) is 1.36. The number of allylic oxidation sites excluding steroid dienone is 1. The van der Waals surface area contributed by atoms with Crippen LogP contribution in [0.1, 0.15) is 0 Å². The maximum absolute atomic E-state index is 3.64. The van der Waals surface area contributed by atoms with Crippen LogP contribution in [0.4, 0.5) is 0 Å². The number of hydrogen-bond acceptors (Lipinski definition) is 0. The van der Waals surface area contributed by atoms with Crippen molar-refractivity contribution in [2.75, 3.05) is 14.3 Å². The molecule has 0 atom stereocenters. The fourth-order valence-electron chi connectivity index (χ4n) is 0.218. The van der Waals surface area contributed by atoms with Gasteiger partial charge in [0, 0.05) is 0 Å². The quantitative estimate of drug-likeness (QED) is 0.361. The van der Waals surface area contributed by atoms with E-state index < -0.39 is 19.8 Å². The SMILES string of the molecule is C=CCI(C)C. The molecule has 1 heteroatoms. The van der Waals surface area contributed by atoms with Crippen molar-refractivity contribution >= 4 is 19.8 Å². The van der Waals surface area contributed by atoms with Gasteiger partial charge in [-0.3, -0.25) is 0 Å². The minimum absolute atomic E-state index is 0.425. The van der Waals surface area contributed by atoms with Gasteiger partial charge in [0.15, 0.2) is 0 Å². The summed E-state index contributed by atoms with van der Waals surface area (Å²) in [4.78, 5) is 4.68. The first-order valence-electron chi connectivity index (χ1n) is 1.84. The number of rotatable bonds is 2. The molecule has 0 spiro atoms. The first-order chi connectivity index (χ1) is 2.77. The Bertz CT molecular complexity index is 39.2. The fraction of sp³-hybridized carbons (Fsp3) is 0.600. The Morgan fingerprint density at radius 1 is 1.67 bits per heavy atom. The molecular weight excluding hydrogens is 187 g/mol. The third-order valence-electron chi connectivity index (χ3n) is 0.418. The molecule has 0 rings (SSSR count). The molecule has 0 nitrogen and oxygen atoms in total. The molecule has 0 saturated heterocycles. The van der Waals surface area contributed by atoms with Gasteiger partial charge in [0.25, 0.3) is 0 Å². The van der Waals surface area contributed by atoms with Gasteiger partial charge in [-0.05, 0) is 0 Å². The van der Waals surface area contributed by atoms with Crippen molar-refractivity contribution in [1.82, 2.24) is 0 Å². The van der Waals surface area contributed by atoms with Crippen molar-refractivity contribution in [3.63, 3.8) is 0 Å². The average molecular weight is 198 g/mol. The van der Waals surface area contributed by atoms with E-state index in [2.05, 4.69) is 16.4 Å². The van der Waals surface area contributed by atoms with Crippen molar-refractivity contribution in [2.45, 2.75) is 0 Å². The van der Waals surface area contributed by atoms with Gasteiger partial charge >= 0.3 is 46.8 Å². The third kappa shape index (κ3) is 4.47. The fourth-order valence-corrected chi connectivity index (χ4v) is 1.46. The summed E-state index contributed by atoms with van der Waals surface area (Å²) in [5.74, 6) is 0. The van der Waals surface area contributed by atoms with Crippen LogP contribution in [0.15, 0.2) is 12.7 Å². The van der Waals surface area contributed by atoms with E-state index in [1.165, 1.54) is 4.43 Å². The summed E-state index contributed by atoms with van der Waals surface area (Å²) >= 11 is -0.425. The molecule has 0 bridgehead atoms. The van der Waals surface area contributed by atoms with Crippen LogP contribution in [0.5, 0.6) is 0 Å². The Labute approximate surface area is 47.0 Å². The van der Waals surface area contributed by atoms with Crippen molar-refractivity contribution in [2.24, 2.45) is 0 Å². The first-order valence-corrected chi connectivity index (χ1v) is 7.68. The first kappa shape index (κ1) is 6.47. The summed E-state index contributed by atoms with van der Waals surface area (Å²) in [7, 11) is 0. The molecule has 0 aliphatic carbocycles. The Morgan fingerprint density at radius 3 is 2.17 bits per heavy atom. The predicted octanol–water partition coefficient (Wildman–Crippen LogP) is 1.94. The molecule has 0 aromatic heterocycles. The summed E-state index contributed by atoms with van der Waals surface area (Å²) in [6.45, 7) is 3.64. The van der Waals surface area contributed by atoms with Crippen LogP contribution in [-0.4, -0.2) is 14.3 Å². The molecular formula is C5H11I. The van der Waals surface area contributed by atoms with Gasteiger partial charge in [-0.1, -0.05) is 0 Å². The van der Waals surface area contributed by atoms with Gasteiger partial charge in [-0.15, -0.1) is 0 Å². The maximum atomic E-state index is 3.64. The minimum atomic E-state index is -0.425. The van der Waals surface area contributed by atoms with E-state index in [-0.39, 0.29) is 0 Å². The van der Waals surface area contributed by atoms with Crippen LogP contribution in [0, 0.1) is 0 Å². The van der Waals surface area contributed by atoms with Gasteiger partial charge in [-0.2, -0.15) is 0 Å². The van der Waals surface area contributed by atoms with Crippen molar-refractivity contribution in [3.8, 4) is 0 Å². The Balaban J connectivity index is 2.81. The summed E-state index contributed by atoms with van der Waals surface area (Å²) in [5, 5.41) is 0. The topological polar surface area (TPSA) is 0 Å². The molecule has 0 fully saturated rings. The molecule has 0 saturated carbocycles. The van der Waals surface area contributed by atoms with Crippen LogP contribution in [-0.2, 0) is 0 Å². The Kier molecular flexibility index (Phi) is 3.94.